The Balaban J connectivity index is 1.27. The summed E-state index contributed by atoms with van der Waals surface area (Å²) < 4.78 is 5.72. The molecule has 1 aliphatic heterocycles. The largest absolute Gasteiger partial charge is 0.377 e. The third-order valence-electron chi connectivity index (χ3n) is 7.48. The maximum absolute atomic E-state index is 11.7. The molecule has 5 heteroatoms. The maximum Gasteiger partial charge on any atom is 0.229 e. The molecule has 2 fully saturated rings. The molecule has 2 atom stereocenters. The molecule has 2 aromatic rings. The van der Waals surface area contributed by atoms with Gasteiger partial charge in [-0.25, -0.2) is 0 Å². The molecule has 1 N–H and O–H groups in total. The lowest BCUT2D eigenvalue weighted by Crippen LogP contribution is -2.41. The van der Waals surface area contributed by atoms with Crippen LogP contribution in [0, 0.1) is 11.8 Å². The van der Waals surface area contributed by atoms with Gasteiger partial charge >= 0.3 is 0 Å². The van der Waals surface area contributed by atoms with E-state index in [4.69, 9.17) is 9.51 Å². The van der Waals surface area contributed by atoms with Gasteiger partial charge in [0.1, 0.15) is 0 Å². The normalized spacial score (nSPS) is 25.7. The molecule has 1 aromatic carbocycles. The number of benzene rings is 1. The van der Waals surface area contributed by atoms with E-state index in [-0.39, 0.29) is 5.92 Å². The van der Waals surface area contributed by atoms with Gasteiger partial charge in [0.25, 0.3) is 0 Å². The van der Waals surface area contributed by atoms with E-state index in [0.29, 0.717) is 23.6 Å². The standard InChI is InChI=1S/C25H33N3O2/c29-25(22-12-7-13-22,21-10-5-2-6-11-21)24-26-23(30-27-24)20-14-16-28(17-15-20)18-19-8-3-1-4-9-19/h2-3,5-6,8,10-11,19-20,22,29H,1,4,7,9,12-18H2. The summed E-state index contributed by atoms with van der Waals surface area (Å²) in [5, 5.41) is 16.0. The minimum absolute atomic E-state index is 0.163. The third kappa shape index (κ3) is 3.85. The van der Waals surface area contributed by atoms with Gasteiger partial charge in [0.2, 0.25) is 11.7 Å². The van der Waals surface area contributed by atoms with Crippen LogP contribution in [0.2, 0.25) is 0 Å². The minimum atomic E-state index is -1.14. The predicted molar refractivity (Wildman–Crippen MR) is 116 cm³/mol. The zero-order chi connectivity index (χ0) is 20.4. The summed E-state index contributed by atoms with van der Waals surface area (Å²) in [6, 6.07) is 9.87. The molecule has 5 rings (SSSR count). The molecule has 1 saturated heterocycles. The summed E-state index contributed by atoms with van der Waals surface area (Å²) in [5.41, 5.74) is -0.271. The smallest absolute Gasteiger partial charge is 0.229 e. The Morgan fingerprint density at radius 1 is 1.03 bits per heavy atom. The van der Waals surface area contributed by atoms with Crippen LogP contribution >= 0.6 is 0 Å². The predicted octanol–water partition coefficient (Wildman–Crippen LogP) is 4.64. The Hall–Kier alpha value is -1.98. The maximum atomic E-state index is 11.7. The fourth-order valence-corrected chi connectivity index (χ4v) is 5.35. The fourth-order valence-electron chi connectivity index (χ4n) is 5.35. The molecule has 2 aliphatic carbocycles. The van der Waals surface area contributed by atoms with Crippen molar-refractivity contribution >= 4 is 0 Å². The van der Waals surface area contributed by atoms with Crippen molar-refractivity contribution in [3.05, 3.63) is 59.8 Å². The number of rotatable bonds is 6. The molecular formula is C25H33N3O2. The van der Waals surface area contributed by atoms with Crippen molar-refractivity contribution in [1.82, 2.24) is 15.0 Å². The second kappa shape index (κ2) is 8.64. The topological polar surface area (TPSA) is 62.4 Å². The van der Waals surface area contributed by atoms with E-state index in [1.165, 1.54) is 25.8 Å². The van der Waals surface area contributed by atoms with Gasteiger partial charge in [-0.05, 0) is 75.4 Å². The van der Waals surface area contributed by atoms with Gasteiger partial charge in [-0.3, -0.25) is 0 Å². The average molecular weight is 408 g/mol. The van der Waals surface area contributed by atoms with E-state index in [1.807, 2.05) is 30.3 Å². The van der Waals surface area contributed by atoms with E-state index < -0.39 is 5.60 Å². The molecule has 5 nitrogen and oxygen atoms in total. The van der Waals surface area contributed by atoms with E-state index in [2.05, 4.69) is 22.2 Å². The first-order valence-electron chi connectivity index (χ1n) is 11.7. The summed E-state index contributed by atoms with van der Waals surface area (Å²) in [4.78, 5) is 7.35. The lowest BCUT2D eigenvalue weighted by atomic mass is 9.69. The Kier molecular flexibility index (Phi) is 5.74. The van der Waals surface area contributed by atoms with Gasteiger partial charge in [0.15, 0.2) is 5.60 Å². The second-order valence-corrected chi connectivity index (χ2v) is 9.41. The van der Waals surface area contributed by atoms with Crippen LogP contribution in [0.1, 0.15) is 74.6 Å². The van der Waals surface area contributed by atoms with E-state index in [9.17, 15) is 5.11 Å². The Morgan fingerprint density at radius 3 is 2.50 bits per heavy atom. The number of likely N-dealkylation sites (tertiary alicyclic amines) is 1. The first kappa shape index (κ1) is 20.0. The number of aliphatic hydroxyl groups is 1. The lowest BCUT2D eigenvalue weighted by Gasteiger charge is -2.39. The van der Waals surface area contributed by atoms with Crippen LogP contribution in [0.4, 0.5) is 0 Å². The Bertz CT molecular complexity index is 852. The van der Waals surface area contributed by atoms with Crippen LogP contribution in [0.25, 0.3) is 0 Å². The fraction of sp³-hybridized carbons (Fsp3) is 0.600. The Labute approximate surface area is 179 Å². The highest BCUT2D eigenvalue weighted by Crippen LogP contribution is 2.46. The van der Waals surface area contributed by atoms with E-state index >= 15 is 0 Å². The number of hydrogen-bond acceptors (Lipinski definition) is 5. The number of allylic oxidation sites excluding steroid dienone is 1. The highest BCUT2D eigenvalue weighted by Gasteiger charge is 2.47. The van der Waals surface area contributed by atoms with Crippen LogP contribution in [0.15, 0.2) is 47.0 Å². The van der Waals surface area contributed by atoms with Crippen molar-refractivity contribution in [1.29, 1.82) is 0 Å². The van der Waals surface area contributed by atoms with Gasteiger partial charge in [-0.1, -0.05) is 54.1 Å². The molecule has 3 aliphatic rings. The van der Waals surface area contributed by atoms with Crippen molar-refractivity contribution in [2.75, 3.05) is 19.6 Å². The zero-order valence-corrected chi connectivity index (χ0v) is 17.7. The zero-order valence-electron chi connectivity index (χ0n) is 17.7. The van der Waals surface area contributed by atoms with Crippen molar-refractivity contribution in [3.63, 3.8) is 0 Å². The van der Waals surface area contributed by atoms with Crippen LogP contribution < -0.4 is 0 Å². The molecule has 0 spiro atoms. The Morgan fingerprint density at radius 2 is 1.83 bits per heavy atom. The SMILES string of the molecule is OC(c1ccccc1)(c1noc(C2CCN(CC3C=CCCC3)CC2)n1)C1CCC1. The first-order chi connectivity index (χ1) is 14.7. The second-order valence-electron chi connectivity index (χ2n) is 9.41. The highest BCUT2D eigenvalue weighted by molar-refractivity contribution is 5.31. The molecule has 0 bridgehead atoms. The van der Waals surface area contributed by atoms with Crippen molar-refractivity contribution < 1.29 is 9.63 Å². The summed E-state index contributed by atoms with van der Waals surface area (Å²) in [7, 11) is 0. The van der Waals surface area contributed by atoms with E-state index in [0.717, 1.165) is 50.8 Å². The summed E-state index contributed by atoms with van der Waals surface area (Å²) >= 11 is 0. The first-order valence-corrected chi connectivity index (χ1v) is 11.7. The van der Waals surface area contributed by atoms with Gasteiger partial charge in [-0.2, -0.15) is 4.98 Å². The number of aromatic nitrogens is 2. The number of hydrogen-bond donors (Lipinski definition) is 1. The third-order valence-corrected chi connectivity index (χ3v) is 7.48. The van der Waals surface area contributed by atoms with Gasteiger partial charge in [0, 0.05) is 12.5 Å². The number of nitrogens with zero attached hydrogens (tertiary/aromatic N) is 3. The molecular weight excluding hydrogens is 374 g/mol. The van der Waals surface area contributed by atoms with Gasteiger partial charge in [0.05, 0.1) is 0 Å². The molecule has 160 valence electrons. The highest BCUT2D eigenvalue weighted by atomic mass is 16.5. The van der Waals surface area contributed by atoms with E-state index in [1.54, 1.807) is 0 Å². The molecule has 1 aromatic heterocycles. The minimum Gasteiger partial charge on any atom is -0.377 e. The molecule has 2 unspecified atom stereocenters. The summed E-state index contributed by atoms with van der Waals surface area (Å²) in [5.74, 6) is 2.33. The molecule has 0 radical (unpaired) electrons. The van der Waals surface area contributed by atoms with Gasteiger partial charge < -0.3 is 14.5 Å². The molecule has 30 heavy (non-hydrogen) atoms. The van der Waals surface area contributed by atoms with Gasteiger partial charge in [-0.15, -0.1) is 0 Å². The molecule has 2 heterocycles. The van der Waals surface area contributed by atoms with Crippen LogP contribution in [-0.2, 0) is 5.60 Å². The van der Waals surface area contributed by atoms with Crippen molar-refractivity contribution in [2.24, 2.45) is 11.8 Å². The molecule has 0 amide bonds. The monoisotopic (exact) mass is 407 g/mol. The van der Waals surface area contributed by atoms with Crippen LogP contribution in [0.3, 0.4) is 0 Å². The summed E-state index contributed by atoms with van der Waals surface area (Å²) in [6.45, 7) is 3.34. The molecule has 1 saturated carbocycles. The van der Waals surface area contributed by atoms with Crippen molar-refractivity contribution in [3.8, 4) is 0 Å². The van der Waals surface area contributed by atoms with Crippen molar-refractivity contribution in [2.45, 2.75) is 62.9 Å². The van der Waals surface area contributed by atoms with Crippen LogP contribution in [0.5, 0.6) is 0 Å². The summed E-state index contributed by atoms with van der Waals surface area (Å²) in [6.07, 6.45) is 13.9. The van der Waals surface area contributed by atoms with Crippen LogP contribution in [-0.4, -0.2) is 39.8 Å². The average Bonchev–Trinajstić information content (AvgIpc) is 3.25. The lowest BCUT2D eigenvalue weighted by molar-refractivity contribution is -0.0286. The quantitative estimate of drug-likeness (QED) is 0.707. The number of piperidine rings is 1.